The zero-order valence-electron chi connectivity index (χ0n) is 51.2. The van der Waals surface area contributed by atoms with Gasteiger partial charge >= 0.3 is 0 Å². The van der Waals surface area contributed by atoms with Crippen LogP contribution in [0.25, 0.3) is 155 Å². The second-order valence-electron chi connectivity index (χ2n) is 23.7. The highest BCUT2D eigenvalue weighted by Gasteiger charge is 2.35. The Morgan fingerprint density at radius 3 is 0.745 bits per heavy atom. The number of hydrogen-bond donors (Lipinski definition) is 0. The van der Waals surface area contributed by atoms with E-state index in [0.717, 1.165) is 11.1 Å². The van der Waals surface area contributed by atoms with Crippen LogP contribution in [0.2, 0.25) is 0 Å². The van der Waals surface area contributed by atoms with E-state index in [0.29, 0.717) is 189 Å². The maximum absolute atomic E-state index is 10.7. The summed E-state index contributed by atoms with van der Waals surface area (Å²) in [4.78, 5) is 17.4. The lowest BCUT2D eigenvalue weighted by molar-refractivity contribution is 0.961. The predicted molar refractivity (Wildman–Crippen MR) is 377 cm³/mol. The van der Waals surface area contributed by atoms with Crippen LogP contribution >= 0.6 is 0 Å². The molecule has 446 valence electrons. The smallest absolute Gasteiger partial charge is 0.165 e. The Kier molecular flexibility index (Phi) is 12.9. The Hall–Kier alpha value is -15.2. The number of pyridine rings is 1. The van der Waals surface area contributed by atoms with Crippen LogP contribution in [0.4, 0.5) is 0 Å². The number of fused-ring (bicyclic) bond motifs is 12. The lowest BCUT2D eigenvalue weighted by Gasteiger charge is -2.27. The molecule has 0 spiro atoms. The number of nitrogens with zero attached hydrogens (tertiary/aromatic N) is 15. The van der Waals surface area contributed by atoms with Gasteiger partial charge in [0.25, 0.3) is 0 Å². The number of rotatable bonds is 8. The fraction of sp³-hybridized carbons (Fsp3) is 0. The molecule has 0 unspecified atom stereocenters. The molecule has 0 saturated carbocycles. The predicted octanol–water partition coefficient (Wildman–Crippen LogP) is 17.9. The molecule has 0 aliphatic rings. The molecule has 15 heteroatoms. The Morgan fingerprint density at radius 1 is 0.235 bits per heavy atom. The third-order valence-corrected chi connectivity index (χ3v) is 18.4. The van der Waals surface area contributed by atoms with E-state index in [2.05, 4.69) is 57.7 Å². The van der Waals surface area contributed by atoms with E-state index in [4.69, 9.17) is 15.0 Å². The first-order valence-corrected chi connectivity index (χ1v) is 30.9. The van der Waals surface area contributed by atoms with Crippen molar-refractivity contribution in [2.45, 2.75) is 0 Å². The van der Waals surface area contributed by atoms with Gasteiger partial charge in [-0.1, -0.05) is 84.9 Å². The molecule has 0 aliphatic heterocycles. The first kappa shape index (κ1) is 56.7. The molecular formula is C83H39N15. The normalized spacial score (nSPS) is 11.2. The summed E-state index contributed by atoms with van der Waals surface area (Å²) < 4.78 is 8.34. The molecule has 0 fully saturated rings. The topological polar surface area (TPSA) is 249 Å². The summed E-state index contributed by atoms with van der Waals surface area (Å²) in [7, 11) is 0. The quantitative estimate of drug-likeness (QED) is 0.138. The van der Waals surface area contributed by atoms with Crippen LogP contribution in [-0.2, 0) is 0 Å². The highest BCUT2D eigenvalue weighted by molar-refractivity contribution is 6.17. The SMILES string of the molecule is N#Cc1ccc2c(c1)c1cc(C#N)ccc1n2-c1nc(-n2c3ccc(C#N)cc3c3cc(C#N)ccc32)c(-n2c3ccc(C#N)cc3c3cc(C#N)ccc32)c(-c2ccccc2-c2nc(-c3ccccc3)cc(-c3ccccc3)n2)c1-n1c2ccc(C#N)cc2c2cc(C#N)ccc21. The Morgan fingerprint density at radius 2 is 0.480 bits per heavy atom. The minimum atomic E-state index is 0.316. The minimum absolute atomic E-state index is 0.316. The molecule has 11 aromatic carbocycles. The second kappa shape index (κ2) is 22.3. The molecule has 0 atom stereocenters. The van der Waals surface area contributed by atoms with Gasteiger partial charge in [-0.3, -0.25) is 9.13 Å². The first-order chi connectivity index (χ1) is 48.2. The highest BCUT2D eigenvalue weighted by atomic mass is 15.2. The summed E-state index contributed by atoms with van der Waals surface area (Å²) in [6.45, 7) is 0. The Balaban J connectivity index is 1.20. The van der Waals surface area contributed by atoms with Gasteiger partial charge in [0.2, 0.25) is 0 Å². The van der Waals surface area contributed by atoms with Crippen molar-refractivity contribution in [1.82, 2.24) is 33.2 Å². The maximum atomic E-state index is 10.7. The van der Waals surface area contributed by atoms with Crippen molar-refractivity contribution >= 4 is 87.2 Å². The Labute approximate surface area is 557 Å². The average molecular weight is 1250 g/mol. The zero-order valence-corrected chi connectivity index (χ0v) is 51.2. The first-order valence-electron chi connectivity index (χ1n) is 30.9. The lowest BCUT2D eigenvalue weighted by Crippen LogP contribution is -2.16. The number of hydrogen-bond acceptors (Lipinski definition) is 11. The van der Waals surface area contributed by atoms with Crippen LogP contribution in [0.1, 0.15) is 44.5 Å². The van der Waals surface area contributed by atoms with Gasteiger partial charge in [0.05, 0.1) is 149 Å². The van der Waals surface area contributed by atoms with Gasteiger partial charge in [-0.2, -0.15) is 42.1 Å². The monoisotopic (exact) mass is 1250 g/mol. The fourth-order valence-electron chi connectivity index (χ4n) is 14.1. The van der Waals surface area contributed by atoms with E-state index >= 15 is 0 Å². The third-order valence-electron chi connectivity index (χ3n) is 18.4. The van der Waals surface area contributed by atoms with Crippen LogP contribution in [0.3, 0.4) is 0 Å². The number of nitriles is 8. The molecule has 0 amide bonds. The lowest BCUT2D eigenvalue weighted by atomic mass is 9.94. The summed E-state index contributed by atoms with van der Waals surface area (Å²) in [5, 5.41) is 90.6. The van der Waals surface area contributed by atoms with Crippen molar-refractivity contribution in [3.05, 3.63) is 281 Å². The van der Waals surface area contributed by atoms with E-state index in [9.17, 15) is 42.1 Å². The molecule has 6 heterocycles. The second-order valence-corrected chi connectivity index (χ2v) is 23.7. The summed E-state index contributed by atoms with van der Waals surface area (Å²) in [5.74, 6) is 0.985. The van der Waals surface area contributed by atoms with Gasteiger partial charge in [0.15, 0.2) is 17.5 Å². The van der Waals surface area contributed by atoms with Crippen molar-refractivity contribution in [2.75, 3.05) is 0 Å². The molecule has 15 nitrogen and oxygen atoms in total. The number of benzene rings is 11. The molecule has 0 bridgehead atoms. The van der Waals surface area contributed by atoms with E-state index in [1.807, 2.05) is 197 Å². The fourth-order valence-corrected chi connectivity index (χ4v) is 14.1. The highest BCUT2D eigenvalue weighted by Crippen LogP contribution is 2.51. The van der Waals surface area contributed by atoms with E-state index in [1.165, 1.54) is 0 Å². The largest absolute Gasteiger partial charge is 0.305 e. The summed E-state index contributed by atoms with van der Waals surface area (Å²) in [6, 6.07) is 92.2. The van der Waals surface area contributed by atoms with Crippen molar-refractivity contribution < 1.29 is 0 Å². The Bertz CT molecular complexity index is 6120. The van der Waals surface area contributed by atoms with Crippen molar-refractivity contribution in [3.63, 3.8) is 0 Å². The van der Waals surface area contributed by atoms with E-state index in [1.54, 1.807) is 48.5 Å². The summed E-state index contributed by atoms with van der Waals surface area (Å²) in [5.41, 5.74) is 13.4. The van der Waals surface area contributed by atoms with Crippen molar-refractivity contribution in [2.24, 2.45) is 0 Å². The maximum Gasteiger partial charge on any atom is 0.165 e. The minimum Gasteiger partial charge on any atom is -0.305 e. The molecule has 0 saturated heterocycles. The molecule has 0 N–H and O–H groups in total. The zero-order chi connectivity index (χ0) is 66.4. The van der Waals surface area contributed by atoms with Crippen LogP contribution in [0.5, 0.6) is 0 Å². The van der Waals surface area contributed by atoms with Crippen LogP contribution in [0, 0.1) is 90.6 Å². The summed E-state index contributed by atoms with van der Waals surface area (Å²) >= 11 is 0. The van der Waals surface area contributed by atoms with Crippen molar-refractivity contribution in [3.8, 4) is 117 Å². The van der Waals surface area contributed by atoms with Gasteiger partial charge in [-0.15, -0.1) is 0 Å². The molecule has 0 radical (unpaired) electrons. The van der Waals surface area contributed by atoms with E-state index in [-0.39, 0.29) is 0 Å². The van der Waals surface area contributed by atoms with Gasteiger partial charge < -0.3 is 9.13 Å². The molecule has 17 rings (SSSR count). The average Bonchev–Trinajstić information content (AvgIpc) is 0.947. The molecule has 6 aromatic heterocycles. The van der Waals surface area contributed by atoms with Gasteiger partial charge in [0, 0.05) is 65.3 Å². The molecular weight excluding hydrogens is 1210 g/mol. The van der Waals surface area contributed by atoms with Crippen molar-refractivity contribution in [1.29, 1.82) is 42.1 Å². The standard InChI is InChI=1S/C83H39N15/c84-40-48-15-23-70-60(31-48)61-32-49(41-85)16-24-71(61)95(70)79-78(58-13-7-8-14-59(58)81-92-68(56-9-3-1-4-10-56)39-69(93-81)57-11-5-2-6-12-57)80(96-72-25-17-50(42-86)33-62(72)63-34-51(43-87)18-26-73(63)96)83(98-76-29-21-54(46-90)37-66(76)67-38-55(47-91)22-30-77(67)98)94-82(79)97-74-27-19-52(44-88)35-64(74)65-36-53(45-89)20-28-75(65)97/h1-39H. The van der Waals surface area contributed by atoms with Gasteiger partial charge in [-0.25, -0.2) is 15.0 Å². The molecule has 17 aromatic rings. The molecule has 0 aliphatic carbocycles. The van der Waals surface area contributed by atoms with Crippen LogP contribution in [-0.4, -0.2) is 33.2 Å². The van der Waals surface area contributed by atoms with Gasteiger partial charge in [-0.05, 0) is 157 Å². The summed E-state index contributed by atoms with van der Waals surface area (Å²) in [6.07, 6.45) is 0. The van der Waals surface area contributed by atoms with Crippen LogP contribution in [0.15, 0.2) is 237 Å². The number of aromatic nitrogens is 7. The van der Waals surface area contributed by atoms with Crippen LogP contribution < -0.4 is 0 Å². The van der Waals surface area contributed by atoms with E-state index < -0.39 is 0 Å². The molecule has 98 heavy (non-hydrogen) atoms. The third kappa shape index (κ3) is 8.65. The van der Waals surface area contributed by atoms with Gasteiger partial charge in [0.1, 0.15) is 11.4 Å².